The lowest BCUT2D eigenvalue weighted by molar-refractivity contribution is 0.0938. The summed E-state index contributed by atoms with van der Waals surface area (Å²) < 4.78 is 0. The number of hydrogen-bond acceptors (Lipinski definition) is 4. The number of nitrogens with one attached hydrogen (secondary N) is 1. The molecule has 1 aromatic rings. The number of pyridine rings is 1. The summed E-state index contributed by atoms with van der Waals surface area (Å²) in [4.78, 5) is 18.3. The topological polar surface area (TPSA) is 71.2 Å². The highest BCUT2D eigenvalue weighted by atomic mass is 16.1. The molecule has 19 heavy (non-hydrogen) atoms. The molecule has 1 atom stereocenters. The monoisotopic (exact) mass is 258 g/mol. The van der Waals surface area contributed by atoms with E-state index in [1.165, 1.54) is 0 Å². The van der Waals surface area contributed by atoms with E-state index in [0.717, 1.165) is 19.5 Å². The van der Waals surface area contributed by atoms with Crippen LogP contribution < -0.4 is 11.1 Å². The van der Waals surface area contributed by atoms with Gasteiger partial charge in [0.2, 0.25) is 0 Å². The van der Waals surface area contributed by atoms with Crippen LogP contribution in [0.4, 0.5) is 0 Å². The zero-order chi connectivity index (χ0) is 13.7. The van der Waals surface area contributed by atoms with Crippen molar-refractivity contribution >= 4 is 5.91 Å². The van der Waals surface area contributed by atoms with Crippen LogP contribution in [0.2, 0.25) is 0 Å². The third kappa shape index (κ3) is 3.78. The number of rotatable bonds is 2. The van der Waals surface area contributed by atoms with Gasteiger partial charge in [0.05, 0.1) is 12.1 Å². The van der Waals surface area contributed by atoms with Gasteiger partial charge in [-0.2, -0.15) is 0 Å². The molecule has 1 aliphatic rings. The zero-order valence-corrected chi connectivity index (χ0v) is 11.0. The predicted molar refractivity (Wildman–Crippen MR) is 73.5 cm³/mol. The van der Waals surface area contributed by atoms with Crippen molar-refractivity contribution in [2.45, 2.75) is 12.5 Å². The fourth-order valence-corrected chi connectivity index (χ4v) is 2.11. The molecule has 100 valence electrons. The Labute approximate surface area is 113 Å². The van der Waals surface area contributed by atoms with Crippen LogP contribution in [0.3, 0.4) is 0 Å². The highest BCUT2D eigenvalue weighted by molar-refractivity contribution is 5.94. The Morgan fingerprint density at radius 2 is 2.47 bits per heavy atom. The van der Waals surface area contributed by atoms with Gasteiger partial charge in [0.15, 0.2) is 0 Å². The van der Waals surface area contributed by atoms with Crippen molar-refractivity contribution in [3.63, 3.8) is 0 Å². The number of likely N-dealkylation sites (tertiary alicyclic amines) is 1. The van der Waals surface area contributed by atoms with Gasteiger partial charge in [0, 0.05) is 30.5 Å². The number of hydrogen-bond donors (Lipinski definition) is 2. The van der Waals surface area contributed by atoms with Crippen molar-refractivity contribution in [3.05, 3.63) is 29.6 Å². The molecule has 1 saturated heterocycles. The van der Waals surface area contributed by atoms with E-state index in [9.17, 15) is 4.79 Å². The second-order valence-electron chi connectivity index (χ2n) is 4.69. The summed E-state index contributed by atoms with van der Waals surface area (Å²) in [5, 5.41) is 3.02. The number of nitrogens with two attached hydrogens (primary N) is 1. The SMILES string of the molecule is CN1CCC(NC(=O)c2cncc(C#CCN)c2)C1. The molecule has 0 aliphatic carbocycles. The van der Waals surface area contributed by atoms with Crippen LogP contribution in [-0.2, 0) is 0 Å². The number of likely N-dealkylation sites (N-methyl/N-ethyl adjacent to an activating group) is 1. The highest BCUT2D eigenvalue weighted by Gasteiger charge is 2.21. The molecule has 1 aliphatic heterocycles. The van der Waals surface area contributed by atoms with Crippen molar-refractivity contribution in [3.8, 4) is 11.8 Å². The lowest BCUT2D eigenvalue weighted by Gasteiger charge is -2.12. The normalized spacial score (nSPS) is 18.7. The fraction of sp³-hybridized carbons (Fsp3) is 0.429. The molecular weight excluding hydrogens is 240 g/mol. The van der Waals surface area contributed by atoms with Gasteiger partial charge in [-0.3, -0.25) is 9.78 Å². The predicted octanol–water partition coefficient (Wildman–Crippen LogP) is -0.174. The van der Waals surface area contributed by atoms with Crippen LogP contribution in [0.15, 0.2) is 18.5 Å². The standard InChI is InChI=1S/C14H18N4O/c1-18-6-4-13(10-18)17-14(19)12-7-11(3-2-5-15)8-16-9-12/h7-9,13H,4-6,10,15H2,1H3,(H,17,19). The Hall–Kier alpha value is -1.90. The van der Waals surface area contributed by atoms with Gasteiger partial charge < -0.3 is 16.0 Å². The minimum atomic E-state index is -0.0933. The van der Waals surface area contributed by atoms with E-state index in [2.05, 4.69) is 34.1 Å². The van der Waals surface area contributed by atoms with E-state index in [1.54, 1.807) is 18.5 Å². The molecule has 0 aromatic carbocycles. The van der Waals surface area contributed by atoms with Crippen molar-refractivity contribution in [1.29, 1.82) is 0 Å². The number of carbonyl (C=O) groups is 1. The quantitative estimate of drug-likeness (QED) is 0.722. The van der Waals surface area contributed by atoms with E-state index in [4.69, 9.17) is 5.73 Å². The minimum absolute atomic E-state index is 0.0933. The van der Waals surface area contributed by atoms with E-state index in [0.29, 0.717) is 17.7 Å². The average Bonchev–Trinajstić information content (AvgIpc) is 2.82. The third-order valence-electron chi connectivity index (χ3n) is 3.06. The Balaban J connectivity index is 2.02. The number of nitrogens with zero attached hydrogens (tertiary/aromatic N) is 2. The molecule has 0 saturated carbocycles. The summed E-state index contributed by atoms with van der Waals surface area (Å²) in [6.07, 6.45) is 4.17. The Kier molecular flexibility index (Phi) is 4.50. The summed E-state index contributed by atoms with van der Waals surface area (Å²) in [5.74, 6) is 5.53. The first-order valence-corrected chi connectivity index (χ1v) is 6.32. The molecule has 5 nitrogen and oxygen atoms in total. The second-order valence-corrected chi connectivity index (χ2v) is 4.69. The van der Waals surface area contributed by atoms with Crippen LogP contribution in [0, 0.1) is 11.8 Å². The summed E-state index contributed by atoms with van der Waals surface area (Å²) in [5.41, 5.74) is 6.57. The summed E-state index contributed by atoms with van der Waals surface area (Å²) >= 11 is 0. The van der Waals surface area contributed by atoms with E-state index >= 15 is 0 Å². The van der Waals surface area contributed by atoms with Gasteiger partial charge >= 0.3 is 0 Å². The first-order valence-electron chi connectivity index (χ1n) is 6.32. The molecule has 1 aromatic heterocycles. The Morgan fingerprint density at radius 3 is 3.16 bits per heavy atom. The maximum absolute atomic E-state index is 12.1. The maximum Gasteiger partial charge on any atom is 0.253 e. The van der Waals surface area contributed by atoms with Crippen molar-refractivity contribution in [2.75, 3.05) is 26.7 Å². The summed E-state index contributed by atoms with van der Waals surface area (Å²) in [6, 6.07) is 1.96. The van der Waals surface area contributed by atoms with Gasteiger partial charge in [-0.05, 0) is 26.1 Å². The summed E-state index contributed by atoms with van der Waals surface area (Å²) in [6.45, 7) is 2.21. The molecule has 1 amide bonds. The Morgan fingerprint density at radius 1 is 1.63 bits per heavy atom. The van der Waals surface area contributed by atoms with Gasteiger partial charge in [0.25, 0.3) is 5.91 Å². The summed E-state index contributed by atoms with van der Waals surface area (Å²) in [7, 11) is 2.05. The molecule has 1 unspecified atom stereocenters. The molecule has 1 fully saturated rings. The molecule has 2 heterocycles. The smallest absolute Gasteiger partial charge is 0.253 e. The van der Waals surface area contributed by atoms with Crippen LogP contribution in [-0.4, -0.2) is 48.5 Å². The molecule has 0 radical (unpaired) electrons. The molecule has 3 N–H and O–H groups in total. The van der Waals surface area contributed by atoms with Crippen LogP contribution in [0.25, 0.3) is 0 Å². The molecule has 0 bridgehead atoms. The van der Waals surface area contributed by atoms with Gasteiger partial charge in [-0.1, -0.05) is 11.8 Å². The van der Waals surface area contributed by atoms with Crippen LogP contribution in [0.1, 0.15) is 22.3 Å². The van der Waals surface area contributed by atoms with Crippen molar-refractivity contribution in [1.82, 2.24) is 15.2 Å². The van der Waals surface area contributed by atoms with Crippen molar-refractivity contribution < 1.29 is 4.79 Å². The fourth-order valence-electron chi connectivity index (χ4n) is 2.11. The average molecular weight is 258 g/mol. The zero-order valence-electron chi connectivity index (χ0n) is 11.0. The molecule has 2 rings (SSSR count). The first kappa shape index (κ1) is 13.5. The third-order valence-corrected chi connectivity index (χ3v) is 3.06. The number of carbonyl (C=O) groups excluding carboxylic acids is 1. The number of aromatic nitrogens is 1. The minimum Gasteiger partial charge on any atom is -0.348 e. The maximum atomic E-state index is 12.1. The van der Waals surface area contributed by atoms with Crippen molar-refractivity contribution in [2.24, 2.45) is 5.73 Å². The van der Waals surface area contributed by atoms with Gasteiger partial charge in [-0.15, -0.1) is 0 Å². The van der Waals surface area contributed by atoms with E-state index in [1.807, 2.05) is 0 Å². The number of amides is 1. The largest absolute Gasteiger partial charge is 0.348 e. The molecule has 0 spiro atoms. The second kappa shape index (κ2) is 6.32. The lowest BCUT2D eigenvalue weighted by atomic mass is 10.2. The van der Waals surface area contributed by atoms with E-state index in [-0.39, 0.29) is 11.9 Å². The molecule has 5 heteroatoms. The lowest BCUT2D eigenvalue weighted by Crippen LogP contribution is -2.36. The molecular formula is C14H18N4O. The van der Waals surface area contributed by atoms with Gasteiger partial charge in [0.1, 0.15) is 0 Å². The van der Waals surface area contributed by atoms with Gasteiger partial charge in [-0.25, -0.2) is 0 Å². The van der Waals surface area contributed by atoms with E-state index < -0.39 is 0 Å². The van der Waals surface area contributed by atoms with Crippen LogP contribution >= 0.6 is 0 Å². The first-order chi connectivity index (χ1) is 9.19. The Bertz CT molecular complexity index is 518. The van der Waals surface area contributed by atoms with Crippen LogP contribution in [0.5, 0.6) is 0 Å². The highest BCUT2D eigenvalue weighted by Crippen LogP contribution is 2.08.